The first kappa shape index (κ1) is 12.4. The first-order chi connectivity index (χ1) is 8.41. The van der Waals surface area contributed by atoms with Crippen LogP contribution < -0.4 is 0 Å². The van der Waals surface area contributed by atoms with Crippen LogP contribution in [-0.4, -0.2) is 20.6 Å². The zero-order valence-electron chi connectivity index (χ0n) is 11.0. The molecule has 0 saturated carbocycles. The molecule has 1 N–H and O–H groups in total. The highest BCUT2D eigenvalue weighted by Gasteiger charge is 2.20. The lowest BCUT2D eigenvalue weighted by atomic mass is 10.1. The van der Waals surface area contributed by atoms with Crippen molar-refractivity contribution in [1.82, 2.24) is 9.55 Å². The molecule has 4 nitrogen and oxygen atoms in total. The maximum Gasteiger partial charge on any atom is 0.354 e. The zero-order valence-corrected chi connectivity index (χ0v) is 11.0. The Hall–Kier alpha value is -2.10. The van der Waals surface area contributed by atoms with Crippen LogP contribution in [-0.2, 0) is 0 Å². The third-order valence-corrected chi connectivity index (χ3v) is 3.03. The number of aryl methyl sites for hydroxylation is 4. The minimum atomic E-state index is -0.950. The number of imidazole rings is 1. The average Bonchev–Trinajstić information content (AvgIpc) is 2.57. The summed E-state index contributed by atoms with van der Waals surface area (Å²) in [6.45, 7) is 7.50. The Kier molecular flexibility index (Phi) is 2.95. The van der Waals surface area contributed by atoms with Crippen molar-refractivity contribution >= 4 is 5.97 Å². The van der Waals surface area contributed by atoms with Crippen LogP contribution in [0.15, 0.2) is 18.2 Å². The van der Waals surface area contributed by atoms with Crippen molar-refractivity contribution in [3.05, 3.63) is 46.5 Å². The second kappa shape index (κ2) is 4.29. The van der Waals surface area contributed by atoms with Crippen LogP contribution in [0.4, 0.5) is 0 Å². The second-order valence-electron chi connectivity index (χ2n) is 4.52. The van der Waals surface area contributed by atoms with Crippen LogP contribution in [0.5, 0.6) is 0 Å². The molecule has 1 heterocycles. The van der Waals surface area contributed by atoms with Crippen LogP contribution in [0.2, 0.25) is 0 Å². The lowest BCUT2D eigenvalue weighted by molar-refractivity contribution is 0.0687. The van der Waals surface area contributed by atoms with Gasteiger partial charge in [0, 0.05) is 0 Å². The maximum absolute atomic E-state index is 11.4. The molecule has 0 aliphatic heterocycles. The molecule has 18 heavy (non-hydrogen) atoms. The number of carboxylic acid groups (broad SMARTS) is 1. The molecule has 4 heteroatoms. The number of hydrogen-bond donors (Lipinski definition) is 1. The predicted molar refractivity (Wildman–Crippen MR) is 69.5 cm³/mol. The molecule has 0 aliphatic rings. The van der Waals surface area contributed by atoms with Crippen molar-refractivity contribution in [2.45, 2.75) is 27.7 Å². The van der Waals surface area contributed by atoms with Gasteiger partial charge in [-0.3, -0.25) is 4.57 Å². The van der Waals surface area contributed by atoms with Gasteiger partial charge >= 0.3 is 5.97 Å². The summed E-state index contributed by atoms with van der Waals surface area (Å²) < 4.78 is 1.71. The molecule has 0 radical (unpaired) electrons. The zero-order chi connectivity index (χ0) is 13.4. The smallest absolute Gasteiger partial charge is 0.354 e. The molecular weight excluding hydrogens is 228 g/mol. The highest BCUT2D eigenvalue weighted by atomic mass is 16.4. The van der Waals surface area contributed by atoms with Crippen molar-refractivity contribution in [2.24, 2.45) is 0 Å². The standard InChI is InChI=1S/C14H16N2O2/c1-8-5-6-9(2)12(7-8)16-11(4)15-10(3)13(16)14(17)18/h5-7H,1-4H3,(H,17,18). The third-order valence-electron chi connectivity index (χ3n) is 3.03. The Morgan fingerprint density at radius 2 is 1.89 bits per heavy atom. The number of carbonyl (C=O) groups is 1. The quantitative estimate of drug-likeness (QED) is 0.883. The summed E-state index contributed by atoms with van der Waals surface area (Å²) in [7, 11) is 0. The maximum atomic E-state index is 11.4. The fraction of sp³-hybridized carbons (Fsp3) is 0.286. The topological polar surface area (TPSA) is 55.1 Å². The Labute approximate surface area is 106 Å². The van der Waals surface area contributed by atoms with Crippen molar-refractivity contribution < 1.29 is 9.90 Å². The lowest BCUT2D eigenvalue weighted by Gasteiger charge is -2.12. The Morgan fingerprint density at radius 3 is 2.50 bits per heavy atom. The number of rotatable bonds is 2. The van der Waals surface area contributed by atoms with Crippen molar-refractivity contribution in [1.29, 1.82) is 0 Å². The molecule has 2 rings (SSSR count). The molecule has 1 aromatic carbocycles. The Balaban J connectivity index is 2.78. The molecule has 0 bridgehead atoms. The van der Waals surface area contributed by atoms with Gasteiger partial charge in [0.1, 0.15) is 5.82 Å². The largest absolute Gasteiger partial charge is 0.477 e. The molecular formula is C14H16N2O2. The average molecular weight is 244 g/mol. The SMILES string of the molecule is Cc1ccc(C)c(-n2c(C)nc(C)c2C(=O)O)c1. The van der Waals surface area contributed by atoms with E-state index < -0.39 is 5.97 Å². The van der Waals surface area contributed by atoms with Crippen molar-refractivity contribution in [2.75, 3.05) is 0 Å². The number of nitrogens with zero attached hydrogens (tertiary/aromatic N) is 2. The Morgan fingerprint density at radius 1 is 1.22 bits per heavy atom. The second-order valence-corrected chi connectivity index (χ2v) is 4.52. The van der Waals surface area contributed by atoms with Gasteiger partial charge in [0.15, 0.2) is 5.69 Å². The number of hydrogen-bond acceptors (Lipinski definition) is 2. The molecule has 94 valence electrons. The molecule has 0 fully saturated rings. The first-order valence-electron chi connectivity index (χ1n) is 5.78. The van der Waals surface area contributed by atoms with Crippen LogP contribution >= 0.6 is 0 Å². The van der Waals surface area contributed by atoms with Gasteiger partial charge in [-0.05, 0) is 44.9 Å². The minimum Gasteiger partial charge on any atom is -0.477 e. The number of aromatic carboxylic acids is 1. The number of aromatic nitrogens is 2. The summed E-state index contributed by atoms with van der Waals surface area (Å²) in [5.41, 5.74) is 3.79. The molecule has 1 aromatic heterocycles. The van der Waals surface area contributed by atoms with E-state index in [9.17, 15) is 9.90 Å². The molecule has 0 aliphatic carbocycles. The molecule has 2 aromatic rings. The third kappa shape index (κ3) is 1.90. The van der Waals surface area contributed by atoms with E-state index in [1.54, 1.807) is 11.5 Å². The van der Waals surface area contributed by atoms with Crippen LogP contribution in [0, 0.1) is 27.7 Å². The number of carboxylic acids is 1. The van der Waals surface area contributed by atoms with E-state index in [0.29, 0.717) is 11.5 Å². The number of benzene rings is 1. The molecule has 0 atom stereocenters. The van der Waals surface area contributed by atoms with Gasteiger partial charge in [0.05, 0.1) is 11.4 Å². The van der Waals surface area contributed by atoms with Gasteiger partial charge < -0.3 is 5.11 Å². The summed E-state index contributed by atoms with van der Waals surface area (Å²) >= 11 is 0. The van der Waals surface area contributed by atoms with Crippen LogP contribution in [0.3, 0.4) is 0 Å². The van der Waals surface area contributed by atoms with E-state index in [4.69, 9.17) is 0 Å². The minimum absolute atomic E-state index is 0.237. The lowest BCUT2D eigenvalue weighted by Crippen LogP contribution is -2.10. The first-order valence-corrected chi connectivity index (χ1v) is 5.78. The monoisotopic (exact) mass is 244 g/mol. The van der Waals surface area contributed by atoms with E-state index in [1.165, 1.54) is 0 Å². The van der Waals surface area contributed by atoms with Crippen LogP contribution in [0.25, 0.3) is 5.69 Å². The predicted octanol–water partition coefficient (Wildman–Crippen LogP) is 2.80. The van der Waals surface area contributed by atoms with Gasteiger partial charge in [-0.15, -0.1) is 0 Å². The molecule has 0 spiro atoms. The van der Waals surface area contributed by atoms with E-state index >= 15 is 0 Å². The summed E-state index contributed by atoms with van der Waals surface area (Å²) in [6, 6.07) is 5.99. The fourth-order valence-electron chi connectivity index (χ4n) is 2.17. The van der Waals surface area contributed by atoms with Gasteiger partial charge in [-0.2, -0.15) is 0 Å². The van der Waals surface area contributed by atoms with E-state index in [-0.39, 0.29) is 5.69 Å². The Bertz CT molecular complexity index is 627. The highest BCUT2D eigenvalue weighted by Crippen LogP contribution is 2.22. The molecule has 0 unspecified atom stereocenters. The van der Waals surface area contributed by atoms with Crippen molar-refractivity contribution in [3.63, 3.8) is 0 Å². The normalized spacial score (nSPS) is 10.7. The highest BCUT2D eigenvalue weighted by molar-refractivity contribution is 5.88. The van der Waals surface area contributed by atoms with Crippen LogP contribution in [0.1, 0.15) is 33.1 Å². The molecule has 0 saturated heterocycles. The van der Waals surface area contributed by atoms with Gasteiger partial charge in [-0.1, -0.05) is 12.1 Å². The molecule has 0 amide bonds. The summed E-state index contributed by atoms with van der Waals surface area (Å²) in [5.74, 6) is -0.257. The van der Waals surface area contributed by atoms with Crippen molar-refractivity contribution in [3.8, 4) is 5.69 Å². The van der Waals surface area contributed by atoms with Gasteiger partial charge in [-0.25, -0.2) is 9.78 Å². The van der Waals surface area contributed by atoms with Gasteiger partial charge in [0.2, 0.25) is 0 Å². The summed E-state index contributed by atoms with van der Waals surface area (Å²) in [5, 5.41) is 9.32. The van der Waals surface area contributed by atoms with Gasteiger partial charge in [0.25, 0.3) is 0 Å². The van der Waals surface area contributed by atoms with E-state index in [1.807, 2.05) is 39.0 Å². The fourth-order valence-corrected chi connectivity index (χ4v) is 2.17. The van der Waals surface area contributed by atoms with E-state index in [2.05, 4.69) is 4.98 Å². The summed E-state index contributed by atoms with van der Waals surface area (Å²) in [6.07, 6.45) is 0. The van der Waals surface area contributed by atoms with E-state index in [0.717, 1.165) is 16.8 Å². The summed E-state index contributed by atoms with van der Waals surface area (Å²) in [4.78, 5) is 15.6.